The van der Waals surface area contributed by atoms with Crippen LogP contribution < -0.4 is 5.73 Å². The Morgan fingerprint density at radius 3 is 1.63 bits per heavy atom. The summed E-state index contributed by atoms with van der Waals surface area (Å²) in [6.45, 7) is 3.55. The molecule has 0 saturated carbocycles. The third kappa shape index (κ3) is 10.6. The molecule has 0 aromatic carbocycles. The van der Waals surface area contributed by atoms with Gasteiger partial charge in [0.25, 0.3) is 0 Å². The zero-order chi connectivity index (χ0) is 43.5. The van der Waals surface area contributed by atoms with Gasteiger partial charge in [-0.1, -0.05) is 6.08 Å². The average Bonchev–Trinajstić information content (AvgIpc) is 3.22. The summed E-state index contributed by atoms with van der Waals surface area (Å²) in [6.07, 6.45) is -35.8. The summed E-state index contributed by atoms with van der Waals surface area (Å²) in [5.74, 6) is 0. The monoisotopic (exact) mass is 863 g/mol. The largest absolute Gasteiger partial charge is 0.394 e. The van der Waals surface area contributed by atoms with Gasteiger partial charge in [-0.05, 0) is 20.3 Å². The van der Waals surface area contributed by atoms with E-state index in [2.05, 4.69) is 6.58 Å². The molecule has 0 aliphatic carbocycles. The summed E-state index contributed by atoms with van der Waals surface area (Å²) in [4.78, 5) is 0. The van der Waals surface area contributed by atoms with E-state index in [1.54, 1.807) is 0 Å². The molecule has 59 heavy (non-hydrogen) atoms. The van der Waals surface area contributed by atoms with Crippen molar-refractivity contribution >= 4 is 0 Å². The molecule has 15 unspecified atom stereocenters. The van der Waals surface area contributed by atoms with Gasteiger partial charge in [-0.15, -0.1) is 6.58 Å². The van der Waals surface area contributed by atoms with Crippen molar-refractivity contribution in [1.82, 2.24) is 0 Å². The smallest absolute Gasteiger partial charge is 0.187 e. The van der Waals surface area contributed by atoms with Gasteiger partial charge in [-0.25, -0.2) is 0 Å². The van der Waals surface area contributed by atoms with Crippen LogP contribution in [-0.4, -0.2) is 253 Å². The number of aliphatic hydroxyl groups is 13. The fourth-order valence-corrected chi connectivity index (χ4v) is 7.68. The summed E-state index contributed by atoms with van der Waals surface area (Å²) in [6, 6.07) is -1.47. The quantitative estimate of drug-likeness (QED) is 0.0641. The predicted octanol–water partition coefficient (Wildman–Crippen LogP) is -8.26. The van der Waals surface area contributed by atoms with Crippen LogP contribution in [0.2, 0.25) is 0 Å². The van der Waals surface area contributed by atoms with Crippen LogP contribution in [-0.2, 0) is 47.4 Å². The number of hydrogen-bond donors (Lipinski definition) is 14. The molecule has 0 amide bonds. The number of nitrogens with two attached hydrogens (primary N) is 1. The van der Waals surface area contributed by atoms with Crippen molar-refractivity contribution in [3.05, 3.63) is 12.7 Å². The second-order valence-electron chi connectivity index (χ2n) is 15.3. The molecular formula is C35H61NO23. The molecule has 0 spiro atoms. The van der Waals surface area contributed by atoms with Crippen molar-refractivity contribution in [2.45, 2.75) is 174 Å². The molecule has 0 aromatic rings. The average molecular weight is 864 g/mol. The zero-order valence-corrected chi connectivity index (χ0v) is 32.4. The number of ether oxygens (including phenoxy) is 10. The van der Waals surface area contributed by atoms with Gasteiger partial charge in [-0.2, -0.15) is 0 Å². The Bertz CT molecular complexity index is 1290. The van der Waals surface area contributed by atoms with Gasteiger partial charge in [0.15, 0.2) is 25.2 Å². The zero-order valence-electron chi connectivity index (χ0n) is 32.4. The molecule has 5 aliphatic heterocycles. The minimum atomic E-state index is -1.93. The van der Waals surface area contributed by atoms with E-state index in [9.17, 15) is 66.4 Å². The van der Waals surface area contributed by atoms with E-state index in [1.807, 2.05) is 0 Å². The fourth-order valence-electron chi connectivity index (χ4n) is 7.68. The van der Waals surface area contributed by atoms with Crippen LogP contribution in [0.3, 0.4) is 0 Å². The van der Waals surface area contributed by atoms with Crippen LogP contribution in [0.5, 0.6) is 0 Å². The Balaban J connectivity index is 1.43. The first kappa shape index (κ1) is 48.8. The molecule has 0 radical (unpaired) electrons. The Labute approximate surface area is 338 Å². The van der Waals surface area contributed by atoms with E-state index < -0.39 is 173 Å². The lowest BCUT2D eigenvalue weighted by Crippen LogP contribution is -2.69. The van der Waals surface area contributed by atoms with Gasteiger partial charge in [-0.3, -0.25) is 0 Å². The highest BCUT2D eigenvalue weighted by Crippen LogP contribution is 2.36. The van der Waals surface area contributed by atoms with Gasteiger partial charge in [0.1, 0.15) is 104 Å². The molecule has 5 rings (SSSR count). The van der Waals surface area contributed by atoms with Crippen LogP contribution in [0, 0.1) is 0 Å². The summed E-state index contributed by atoms with van der Waals surface area (Å²) in [5.41, 5.74) is 6.70. The SMILES string of the molecule is C=CCO[C@@H]1OC(CO)[C@H](O)C(O[C@@H]2OC(CO)[C@@H](O[C@@H]3OC(CO)[C@H](O)C(O)C3O[C@@H]3OC(C)[C@@H](O)C(O)C3O)C(OCC[C@@H]3OC(C)[C@@H](O)C(O)C3O)C2N)C1O. The summed E-state index contributed by atoms with van der Waals surface area (Å²) >= 11 is 0. The highest BCUT2D eigenvalue weighted by Gasteiger charge is 2.56. The van der Waals surface area contributed by atoms with Gasteiger partial charge >= 0.3 is 0 Å². The first-order chi connectivity index (χ1) is 28.0. The van der Waals surface area contributed by atoms with Crippen LogP contribution in [0.15, 0.2) is 12.7 Å². The number of hydrogen-bond acceptors (Lipinski definition) is 24. The van der Waals surface area contributed by atoms with E-state index in [0.29, 0.717) is 0 Å². The summed E-state index contributed by atoms with van der Waals surface area (Å²) < 4.78 is 58.3. The van der Waals surface area contributed by atoms with Gasteiger partial charge in [0.05, 0.1) is 50.8 Å². The van der Waals surface area contributed by atoms with E-state index in [1.165, 1.54) is 19.9 Å². The third-order valence-corrected chi connectivity index (χ3v) is 11.2. The maximum absolute atomic E-state index is 11.2. The van der Waals surface area contributed by atoms with E-state index >= 15 is 0 Å². The number of rotatable bonds is 16. The summed E-state index contributed by atoms with van der Waals surface area (Å²) in [7, 11) is 0. The lowest BCUT2D eigenvalue weighted by Gasteiger charge is -2.50. The van der Waals surface area contributed by atoms with Crippen LogP contribution in [0.1, 0.15) is 20.3 Å². The van der Waals surface area contributed by atoms with Crippen molar-refractivity contribution in [3.8, 4) is 0 Å². The second kappa shape index (κ2) is 21.4. The van der Waals surface area contributed by atoms with E-state index in [-0.39, 0.29) is 19.6 Å². The minimum Gasteiger partial charge on any atom is -0.394 e. The Hall–Kier alpha value is -1.22. The molecule has 0 aromatic heterocycles. The third-order valence-electron chi connectivity index (χ3n) is 11.2. The lowest BCUT2D eigenvalue weighted by atomic mass is 9.93. The molecule has 5 fully saturated rings. The molecule has 24 heteroatoms. The molecular weight excluding hydrogens is 802 g/mol. The normalized spacial score (nSPS) is 51.0. The van der Waals surface area contributed by atoms with Gasteiger partial charge in [0.2, 0.25) is 0 Å². The number of aliphatic hydroxyl groups excluding tert-OH is 13. The molecule has 0 bridgehead atoms. The first-order valence-electron chi connectivity index (χ1n) is 19.5. The van der Waals surface area contributed by atoms with Gasteiger partial charge in [0, 0.05) is 6.61 Å². The highest BCUT2D eigenvalue weighted by atomic mass is 16.8. The Morgan fingerprint density at radius 1 is 0.475 bits per heavy atom. The standard InChI is InChI=1S/C35H61NO23/c1-4-6-51-33-27(49)30(22(44)15(9-38)54-33)58-32-17(36)29(50-7-5-13-20(42)23(45)18(40)11(2)52-13)28(16(10-39)56-32)57-35-31(25(47)21(43)14(8-37)55-35)59-34-26(48)24(46)19(41)12(3)53-34/h4,11-35,37-49H,1,5-10,36H2,2-3H3/t11?,12?,13-,14?,15?,16?,17?,18+,19+,20?,21-,22-,23?,24?,25?,26?,27?,28+,29?,30?,31?,32-,33+,34-,35-/m0/s1. The molecule has 5 saturated heterocycles. The topological polar surface area (TPSA) is 381 Å². The van der Waals surface area contributed by atoms with Crippen LogP contribution >= 0.6 is 0 Å². The van der Waals surface area contributed by atoms with Crippen molar-refractivity contribution in [2.75, 3.05) is 33.0 Å². The van der Waals surface area contributed by atoms with E-state index in [4.69, 9.17) is 53.1 Å². The maximum atomic E-state index is 11.2. The predicted molar refractivity (Wildman–Crippen MR) is 189 cm³/mol. The molecule has 24 nitrogen and oxygen atoms in total. The van der Waals surface area contributed by atoms with Crippen molar-refractivity contribution in [1.29, 1.82) is 0 Å². The molecule has 15 N–H and O–H groups in total. The van der Waals surface area contributed by atoms with Crippen molar-refractivity contribution in [2.24, 2.45) is 5.73 Å². The molecule has 5 heterocycles. The molecule has 5 aliphatic rings. The highest BCUT2D eigenvalue weighted by molar-refractivity contribution is 5.00. The minimum absolute atomic E-state index is 0.0952. The maximum Gasteiger partial charge on any atom is 0.187 e. The molecule has 344 valence electrons. The fraction of sp³-hybridized carbons (Fsp3) is 0.943. The second-order valence-corrected chi connectivity index (χ2v) is 15.3. The van der Waals surface area contributed by atoms with Crippen LogP contribution in [0.4, 0.5) is 0 Å². The van der Waals surface area contributed by atoms with Gasteiger partial charge < -0.3 is 119 Å². The lowest BCUT2D eigenvalue weighted by molar-refractivity contribution is -0.388. The summed E-state index contributed by atoms with van der Waals surface area (Å²) in [5, 5.41) is 137. The first-order valence-corrected chi connectivity index (χ1v) is 19.5. The van der Waals surface area contributed by atoms with Crippen molar-refractivity contribution < 1.29 is 114 Å². The Kier molecular flexibility index (Phi) is 17.7. The van der Waals surface area contributed by atoms with E-state index in [0.717, 1.165) is 0 Å². The van der Waals surface area contributed by atoms with Crippen molar-refractivity contribution in [3.63, 3.8) is 0 Å². The van der Waals surface area contributed by atoms with Crippen LogP contribution in [0.25, 0.3) is 0 Å². The molecule has 25 atom stereocenters. The Morgan fingerprint density at radius 2 is 1.00 bits per heavy atom.